The number of hydrogen-bond acceptors (Lipinski definition) is 4. The zero-order chi connectivity index (χ0) is 13.0. The Hall–Kier alpha value is -1.86. The van der Waals surface area contributed by atoms with Gasteiger partial charge in [0, 0.05) is 11.4 Å². The van der Waals surface area contributed by atoms with E-state index in [4.69, 9.17) is 5.26 Å². The molecule has 0 bridgehead atoms. The molecule has 92 valence electrons. The molecular formula is C14H15N3S. The van der Waals surface area contributed by atoms with E-state index in [0.29, 0.717) is 11.4 Å². The molecule has 3 nitrogen and oxygen atoms in total. The van der Waals surface area contributed by atoms with Gasteiger partial charge in [0.1, 0.15) is 11.9 Å². The number of aryl methyl sites for hydroxylation is 1. The number of nitrogens with zero attached hydrogens (tertiary/aromatic N) is 2. The van der Waals surface area contributed by atoms with Gasteiger partial charge < -0.3 is 5.32 Å². The van der Waals surface area contributed by atoms with Crippen LogP contribution in [0.1, 0.15) is 24.3 Å². The van der Waals surface area contributed by atoms with Gasteiger partial charge in [-0.25, -0.2) is 4.98 Å². The molecule has 18 heavy (non-hydrogen) atoms. The van der Waals surface area contributed by atoms with Crippen LogP contribution in [0.25, 0.3) is 10.6 Å². The van der Waals surface area contributed by atoms with Crippen molar-refractivity contribution in [1.29, 1.82) is 5.26 Å². The fourth-order valence-electron chi connectivity index (χ4n) is 1.69. The minimum absolute atomic E-state index is 0.591. The molecule has 0 saturated carbocycles. The Morgan fingerprint density at radius 2 is 2.11 bits per heavy atom. The second-order valence-electron chi connectivity index (χ2n) is 3.85. The predicted molar refractivity (Wildman–Crippen MR) is 75.8 cm³/mol. The van der Waals surface area contributed by atoms with Crippen LogP contribution in [0.3, 0.4) is 0 Å². The molecule has 0 spiro atoms. The molecule has 0 saturated heterocycles. The van der Waals surface area contributed by atoms with Crippen LogP contribution in [-0.4, -0.2) is 11.5 Å². The Morgan fingerprint density at radius 3 is 2.72 bits per heavy atom. The third-order valence-corrected chi connectivity index (χ3v) is 3.87. The first kappa shape index (κ1) is 12.6. The van der Waals surface area contributed by atoms with Crippen molar-refractivity contribution < 1.29 is 0 Å². The molecule has 0 aliphatic rings. The molecule has 0 fully saturated rings. The molecule has 0 atom stereocenters. The first-order valence-corrected chi connectivity index (χ1v) is 6.84. The predicted octanol–water partition coefficient (Wildman–Crippen LogP) is 3.68. The van der Waals surface area contributed by atoms with Crippen LogP contribution >= 0.6 is 11.3 Å². The summed E-state index contributed by atoms with van der Waals surface area (Å²) in [4.78, 5) is 7.02. The maximum absolute atomic E-state index is 9.02. The summed E-state index contributed by atoms with van der Waals surface area (Å²) in [5.74, 6) is 0.670. The molecule has 2 heterocycles. The minimum Gasteiger partial charge on any atom is -0.369 e. The van der Waals surface area contributed by atoms with Gasteiger partial charge in [-0.1, -0.05) is 6.92 Å². The van der Waals surface area contributed by atoms with Crippen molar-refractivity contribution >= 4 is 17.2 Å². The number of nitrogens with one attached hydrogen (secondary N) is 1. The molecule has 2 aromatic heterocycles. The van der Waals surface area contributed by atoms with Crippen LogP contribution in [0, 0.1) is 11.3 Å². The lowest BCUT2D eigenvalue weighted by Gasteiger charge is -2.06. The fourth-order valence-corrected chi connectivity index (χ4v) is 2.61. The summed E-state index contributed by atoms with van der Waals surface area (Å²) in [7, 11) is 0. The summed E-state index contributed by atoms with van der Waals surface area (Å²) >= 11 is 1.75. The van der Waals surface area contributed by atoms with Crippen LogP contribution in [-0.2, 0) is 6.42 Å². The zero-order valence-corrected chi connectivity index (χ0v) is 11.3. The molecule has 0 radical (unpaired) electrons. The maximum Gasteiger partial charge on any atom is 0.144 e. The zero-order valence-electron chi connectivity index (χ0n) is 10.5. The first-order chi connectivity index (χ1) is 8.78. The molecule has 0 aliphatic heterocycles. The Balaban J connectivity index is 2.40. The smallest absolute Gasteiger partial charge is 0.144 e. The van der Waals surface area contributed by atoms with Crippen LogP contribution < -0.4 is 5.32 Å². The number of hydrogen-bond donors (Lipinski definition) is 1. The van der Waals surface area contributed by atoms with E-state index in [-0.39, 0.29) is 0 Å². The lowest BCUT2D eigenvalue weighted by atomic mass is 10.2. The number of aromatic nitrogens is 1. The van der Waals surface area contributed by atoms with Crippen molar-refractivity contribution in [2.45, 2.75) is 20.3 Å². The van der Waals surface area contributed by atoms with E-state index in [1.54, 1.807) is 11.3 Å². The Labute approximate surface area is 111 Å². The number of nitriles is 1. The molecule has 1 N–H and O–H groups in total. The molecule has 4 heteroatoms. The largest absolute Gasteiger partial charge is 0.369 e. The van der Waals surface area contributed by atoms with E-state index < -0.39 is 0 Å². The van der Waals surface area contributed by atoms with E-state index in [2.05, 4.69) is 35.4 Å². The highest BCUT2D eigenvalue weighted by Crippen LogP contribution is 2.28. The van der Waals surface area contributed by atoms with Gasteiger partial charge >= 0.3 is 0 Å². The monoisotopic (exact) mass is 257 g/mol. The van der Waals surface area contributed by atoms with Gasteiger partial charge in [-0.15, -0.1) is 11.3 Å². The van der Waals surface area contributed by atoms with Gasteiger partial charge in [0.15, 0.2) is 0 Å². The van der Waals surface area contributed by atoms with E-state index in [0.717, 1.165) is 23.5 Å². The standard InChI is InChI=1S/C14H15N3S/c1-3-11-6-8-13(18-11)12-7-5-10(9-15)14(17-12)16-4-2/h5-8H,3-4H2,1-2H3,(H,16,17). The van der Waals surface area contributed by atoms with Crippen molar-refractivity contribution in [2.24, 2.45) is 0 Å². The van der Waals surface area contributed by atoms with E-state index in [1.807, 2.05) is 19.1 Å². The van der Waals surface area contributed by atoms with Crippen molar-refractivity contribution in [3.05, 3.63) is 34.7 Å². The van der Waals surface area contributed by atoms with Gasteiger partial charge in [-0.2, -0.15) is 5.26 Å². The van der Waals surface area contributed by atoms with Gasteiger partial charge in [0.05, 0.1) is 16.1 Å². The van der Waals surface area contributed by atoms with Gasteiger partial charge in [0.2, 0.25) is 0 Å². The van der Waals surface area contributed by atoms with E-state index in [9.17, 15) is 0 Å². The van der Waals surface area contributed by atoms with Crippen molar-refractivity contribution in [3.8, 4) is 16.6 Å². The fraction of sp³-hybridized carbons (Fsp3) is 0.286. The summed E-state index contributed by atoms with van der Waals surface area (Å²) < 4.78 is 0. The van der Waals surface area contributed by atoms with Gasteiger partial charge in [0.25, 0.3) is 0 Å². The summed E-state index contributed by atoms with van der Waals surface area (Å²) in [6, 6.07) is 10.1. The third-order valence-electron chi connectivity index (χ3n) is 2.62. The normalized spacial score (nSPS) is 10.1. The summed E-state index contributed by atoms with van der Waals surface area (Å²) in [6.07, 6.45) is 1.04. The van der Waals surface area contributed by atoms with Crippen molar-refractivity contribution in [2.75, 3.05) is 11.9 Å². The molecule has 0 amide bonds. The van der Waals surface area contributed by atoms with Crippen LogP contribution in [0.2, 0.25) is 0 Å². The molecule has 0 unspecified atom stereocenters. The number of rotatable bonds is 4. The second-order valence-corrected chi connectivity index (χ2v) is 5.02. The lowest BCUT2D eigenvalue weighted by molar-refractivity contribution is 1.15. The third kappa shape index (κ3) is 2.52. The summed E-state index contributed by atoms with van der Waals surface area (Å²) in [6.45, 7) is 4.90. The highest BCUT2D eigenvalue weighted by molar-refractivity contribution is 7.15. The number of pyridine rings is 1. The molecule has 0 aliphatic carbocycles. The average Bonchev–Trinajstić information content (AvgIpc) is 2.88. The van der Waals surface area contributed by atoms with Crippen molar-refractivity contribution in [1.82, 2.24) is 4.98 Å². The highest BCUT2D eigenvalue weighted by atomic mass is 32.1. The quantitative estimate of drug-likeness (QED) is 0.909. The second kappa shape index (κ2) is 5.65. The average molecular weight is 257 g/mol. The lowest BCUT2D eigenvalue weighted by Crippen LogP contribution is -2.02. The molecule has 2 aromatic rings. The Morgan fingerprint density at radius 1 is 1.28 bits per heavy atom. The van der Waals surface area contributed by atoms with Crippen LogP contribution in [0.15, 0.2) is 24.3 Å². The van der Waals surface area contributed by atoms with Gasteiger partial charge in [-0.05, 0) is 37.6 Å². The van der Waals surface area contributed by atoms with Crippen molar-refractivity contribution in [3.63, 3.8) is 0 Å². The minimum atomic E-state index is 0.591. The Kier molecular flexibility index (Phi) is 3.96. The van der Waals surface area contributed by atoms with Gasteiger partial charge in [-0.3, -0.25) is 0 Å². The van der Waals surface area contributed by atoms with Crippen LogP contribution in [0.5, 0.6) is 0 Å². The maximum atomic E-state index is 9.02. The molecular weight excluding hydrogens is 242 g/mol. The number of anilines is 1. The summed E-state index contributed by atoms with van der Waals surface area (Å²) in [5, 5.41) is 12.2. The first-order valence-electron chi connectivity index (χ1n) is 6.02. The molecule has 0 aromatic carbocycles. The Bertz CT molecular complexity index is 581. The topological polar surface area (TPSA) is 48.7 Å². The SMILES string of the molecule is CCNc1nc(-c2ccc(CC)s2)ccc1C#N. The summed E-state index contributed by atoms with van der Waals surface area (Å²) in [5.41, 5.74) is 1.52. The van der Waals surface area contributed by atoms with E-state index in [1.165, 1.54) is 4.88 Å². The molecule has 2 rings (SSSR count). The van der Waals surface area contributed by atoms with Crippen LogP contribution in [0.4, 0.5) is 5.82 Å². The number of thiophene rings is 1. The van der Waals surface area contributed by atoms with E-state index >= 15 is 0 Å². The highest BCUT2D eigenvalue weighted by Gasteiger charge is 2.08.